The van der Waals surface area contributed by atoms with Crippen LogP contribution < -0.4 is 15.1 Å². The van der Waals surface area contributed by atoms with Gasteiger partial charge in [0.25, 0.3) is 0 Å². The molecule has 178 valence electrons. The molecule has 0 saturated heterocycles. The first-order valence-corrected chi connectivity index (χ1v) is 13.3. The highest BCUT2D eigenvalue weighted by Crippen LogP contribution is 2.57. The van der Waals surface area contributed by atoms with Crippen molar-refractivity contribution in [3.8, 4) is 34.1 Å². The van der Waals surface area contributed by atoms with Crippen molar-refractivity contribution in [1.82, 2.24) is 4.57 Å². The molecule has 0 radical (unpaired) electrons. The minimum Gasteiger partial charge on any atom is -0.508 e. The molecule has 1 unspecified atom stereocenters. The summed E-state index contributed by atoms with van der Waals surface area (Å²) in [5, 5.41) is 34.0. The summed E-state index contributed by atoms with van der Waals surface area (Å²) < 4.78 is 22.5. The van der Waals surface area contributed by atoms with E-state index in [9.17, 15) is 19.9 Å². The first-order valence-electron chi connectivity index (χ1n) is 11.6. The number of hydrogen-bond acceptors (Lipinski definition) is 5. The van der Waals surface area contributed by atoms with Crippen LogP contribution in [0.4, 0.5) is 0 Å². The number of phenols is 3. The number of aryl methyl sites for hydroxylation is 1. The molecule has 0 saturated carbocycles. The molecule has 0 spiro atoms. The third-order valence-corrected chi connectivity index (χ3v) is 8.75. The van der Waals surface area contributed by atoms with Gasteiger partial charge in [-0.3, -0.25) is 4.57 Å². The summed E-state index contributed by atoms with van der Waals surface area (Å²) in [5.41, 5.74) is 2.73. The third kappa shape index (κ3) is 3.21. The number of hydrogen-bond donors (Lipinski definition) is 3. The van der Waals surface area contributed by atoms with Crippen molar-refractivity contribution < 1.29 is 24.4 Å². The molecule has 1 aliphatic heterocycles. The van der Waals surface area contributed by atoms with Gasteiger partial charge in [0.15, 0.2) is 0 Å². The zero-order valence-electron chi connectivity index (χ0n) is 19.7. The molecule has 6 nitrogen and oxygen atoms in total. The summed E-state index contributed by atoms with van der Waals surface area (Å²) in [5.74, 6) is 0.127. The highest BCUT2D eigenvalue weighted by molar-refractivity contribution is 7.75. The van der Waals surface area contributed by atoms with Crippen LogP contribution in [0.2, 0.25) is 0 Å². The lowest BCUT2D eigenvalue weighted by molar-refractivity contribution is 0.466. The van der Waals surface area contributed by atoms with E-state index in [1.54, 1.807) is 36.4 Å². The van der Waals surface area contributed by atoms with E-state index >= 15 is 0 Å². The van der Waals surface area contributed by atoms with E-state index in [4.69, 9.17) is 4.52 Å². The van der Waals surface area contributed by atoms with E-state index in [2.05, 4.69) is 0 Å². The smallest absolute Gasteiger partial charge is 0.311 e. The van der Waals surface area contributed by atoms with Gasteiger partial charge in [0.1, 0.15) is 23.0 Å². The second-order valence-electron chi connectivity index (χ2n) is 8.09. The number of nitrogens with zero attached hydrogens (tertiary/aromatic N) is 1. The van der Waals surface area contributed by atoms with Gasteiger partial charge in [0.2, 0.25) is 0 Å². The fraction of sp³-hybridized carbons (Fsp3) is 0.143. The van der Waals surface area contributed by atoms with E-state index in [0.29, 0.717) is 33.9 Å². The molecule has 0 amide bonds. The van der Waals surface area contributed by atoms with E-state index in [-0.39, 0.29) is 22.6 Å². The molecule has 35 heavy (non-hydrogen) atoms. The Labute approximate surface area is 203 Å². The Kier molecular flexibility index (Phi) is 5.49. The van der Waals surface area contributed by atoms with E-state index in [1.807, 2.05) is 49.6 Å². The second kappa shape index (κ2) is 8.40. The molecule has 0 bridgehead atoms. The maximum absolute atomic E-state index is 14.6. The lowest BCUT2D eigenvalue weighted by Gasteiger charge is -2.29. The van der Waals surface area contributed by atoms with Crippen molar-refractivity contribution in [3.63, 3.8) is 0 Å². The van der Waals surface area contributed by atoms with Gasteiger partial charge in [-0.25, -0.2) is 0 Å². The third-order valence-electron chi connectivity index (χ3n) is 6.30. The first kappa shape index (κ1) is 22.9. The number of aromatic hydroxyl groups is 3. The highest BCUT2D eigenvalue weighted by atomic mass is 31.2. The SMILES string of the molecule is CC.CCn1c2ccc(O)cc2c2c(O)c(P3(=O)Oc4ccccc4-c4ccccc43)cc(O)c21. The topological polar surface area (TPSA) is 91.9 Å². The fourth-order valence-corrected chi connectivity index (χ4v) is 7.26. The van der Waals surface area contributed by atoms with Crippen molar-refractivity contribution in [1.29, 1.82) is 0 Å². The number of fused-ring (bicyclic) bond motifs is 6. The zero-order valence-corrected chi connectivity index (χ0v) is 20.6. The molecule has 6 rings (SSSR count). The summed E-state index contributed by atoms with van der Waals surface area (Å²) >= 11 is 0. The first-order chi connectivity index (χ1) is 16.9. The van der Waals surface area contributed by atoms with Crippen LogP contribution in [-0.4, -0.2) is 19.9 Å². The van der Waals surface area contributed by atoms with Crippen LogP contribution in [-0.2, 0) is 11.1 Å². The number of rotatable bonds is 2. The lowest BCUT2D eigenvalue weighted by Crippen LogP contribution is -2.25. The quantitative estimate of drug-likeness (QED) is 0.202. The van der Waals surface area contributed by atoms with Crippen LogP contribution in [0.3, 0.4) is 0 Å². The van der Waals surface area contributed by atoms with Crippen molar-refractivity contribution >= 4 is 39.8 Å². The fourth-order valence-electron chi connectivity index (χ4n) is 4.89. The summed E-state index contributed by atoms with van der Waals surface area (Å²) in [6.07, 6.45) is 0. The number of phenolic OH excluding ortho intramolecular Hbond substituents is 3. The predicted molar refractivity (Wildman–Crippen MR) is 141 cm³/mol. The van der Waals surface area contributed by atoms with Crippen LogP contribution in [0, 0.1) is 0 Å². The summed E-state index contributed by atoms with van der Waals surface area (Å²) in [6.45, 7) is 6.46. The normalized spacial score (nSPS) is 16.2. The van der Waals surface area contributed by atoms with E-state index in [0.717, 1.165) is 16.6 Å². The Hall–Kier alpha value is -3.89. The molecule has 1 aliphatic rings. The van der Waals surface area contributed by atoms with E-state index in [1.165, 1.54) is 12.1 Å². The molecule has 2 heterocycles. The monoisotopic (exact) mass is 487 g/mol. The van der Waals surface area contributed by atoms with Crippen LogP contribution in [0.5, 0.6) is 23.0 Å². The summed E-state index contributed by atoms with van der Waals surface area (Å²) in [6, 6.07) is 20.7. The molecule has 4 aromatic carbocycles. The van der Waals surface area contributed by atoms with Crippen LogP contribution in [0.25, 0.3) is 32.9 Å². The van der Waals surface area contributed by atoms with Gasteiger partial charge in [-0.1, -0.05) is 50.2 Å². The highest BCUT2D eigenvalue weighted by Gasteiger charge is 2.41. The molecule has 1 aromatic heterocycles. The predicted octanol–water partition coefficient (Wildman–Crippen LogP) is 6.25. The van der Waals surface area contributed by atoms with Gasteiger partial charge < -0.3 is 24.4 Å². The minimum atomic E-state index is -3.83. The van der Waals surface area contributed by atoms with Crippen LogP contribution in [0.15, 0.2) is 72.8 Å². The maximum atomic E-state index is 14.6. The molecule has 7 heteroatoms. The minimum absolute atomic E-state index is 0.0212. The van der Waals surface area contributed by atoms with Gasteiger partial charge >= 0.3 is 7.37 Å². The Morgan fingerprint density at radius 1 is 0.857 bits per heavy atom. The Morgan fingerprint density at radius 3 is 2.29 bits per heavy atom. The maximum Gasteiger partial charge on any atom is 0.311 e. The van der Waals surface area contributed by atoms with Crippen LogP contribution >= 0.6 is 7.37 Å². The Bertz CT molecular complexity index is 1650. The number of aromatic nitrogens is 1. The van der Waals surface area contributed by atoms with E-state index < -0.39 is 7.37 Å². The van der Waals surface area contributed by atoms with Crippen LogP contribution in [0.1, 0.15) is 20.8 Å². The van der Waals surface area contributed by atoms with Crippen molar-refractivity contribution in [2.24, 2.45) is 0 Å². The van der Waals surface area contributed by atoms with Gasteiger partial charge in [-0.2, -0.15) is 0 Å². The lowest BCUT2D eigenvalue weighted by atomic mass is 10.0. The largest absolute Gasteiger partial charge is 0.508 e. The molecule has 0 aliphatic carbocycles. The molecule has 1 atom stereocenters. The van der Waals surface area contributed by atoms with Gasteiger partial charge in [0.05, 0.1) is 21.5 Å². The summed E-state index contributed by atoms with van der Waals surface area (Å²) in [4.78, 5) is 0. The van der Waals surface area contributed by atoms with Crippen molar-refractivity contribution in [2.75, 3.05) is 0 Å². The Morgan fingerprint density at radius 2 is 1.54 bits per heavy atom. The Balaban J connectivity index is 0.00000124. The number of benzene rings is 4. The standard InChI is InChI=1S/C26H20NO5P.C2H6/c1-2-27-19-12-11-15(28)13-18(19)24-25(27)20(29)14-23(26(24)30)33(31)22-10-6-4-8-17(22)16-7-3-5-9-21(16)32-33;1-2/h3-14,28-30H,2H2,1H3;1-2H3. The molecular formula is C28H26NO5P. The van der Waals surface area contributed by atoms with Gasteiger partial charge in [-0.15, -0.1) is 0 Å². The van der Waals surface area contributed by atoms with Gasteiger partial charge in [-0.05, 0) is 42.8 Å². The second-order valence-corrected chi connectivity index (χ2v) is 10.3. The average molecular weight is 487 g/mol. The zero-order chi connectivity index (χ0) is 24.9. The average Bonchev–Trinajstić information content (AvgIpc) is 3.22. The van der Waals surface area contributed by atoms with Crippen molar-refractivity contribution in [2.45, 2.75) is 27.3 Å². The summed E-state index contributed by atoms with van der Waals surface area (Å²) in [7, 11) is -3.83. The molecule has 0 fully saturated rings. The molecule has 3 N–H and O–H groups in total. The van der Waals surface area contributed by atoms with Crippen molar-refractivity contribution in [3.05, 3.63) is 72.8 Å². The number of para-hydroxylation sites is 1. The molecule has 5 aromatic rings. The van der Waals surface area contributed by atoms with Gasteiger partial charge in [0, 0.05) is 29.1 Å². The molecular weight excluding hydrogens is 461 g/mol.